The zero-order chi connectivity index (χ0) is 17.9. The van der Waals surface area contributed by atoms with Crippen molar-refractivity contribution in [1.82, 2.24) is 10.2 Å². The molecule has 1 saturated heterocycles. The van der Waals surface area contributed by atoms with Crippen LogP contribution in [0.4, 0.5) is 10.5 Å². The highest BCUT2D eigenvalue weighted by Gasteiger charge is 2.47. The first kappa shape index (κ1) is 18.0. The number of aryl methyl sites for hydroxylation is 1. The molecule has 1 aliphatic rings. The predicted molar refractivity (Wildman–Crippen MR) is 92.7 cm³/mol. The average molecular weight is 331 g/mol. The van der Waals surface area contributed by atoms with E-state index in [4.69, 9.17) is 0 Å². The average Bonchev–Trinajstić information content (AvgIpc) is 2.74. The summed E-state index contributed by atoms with van der Waals surface area (Å²) in [6.45, 7) is 7.34. The zero-order valence-corrected chi connectivity index (χ0v) is 14.7. The second kappa shape index (κ2) is 7.03. The summed E-state index contributed by atoms with van der Waals surface area (Å²) in [4.78, 5) is 37.9. The zero-order valence-electron chi connectivity index (χ0n) is 14.7. The highest BCUT2D eigenvalue weighted by Crippen LogP contribution is 2.24. The summed E-state index contributed by atoms with van der Waals surface area (Å²) < 4.78 is 0. The van der Waals surface area contributed by atoms with Crippen LogP contribution in [-0.4, -0.2) is 34.8 Å². The van der Waals surface area contributed by atoms with Gasteiger partial charge in [0.2, 0.25) is 5.91 Å². The van der Waals surface area contributed by atoms with Gasteiger partial charge in [0, 0.05) is 5.69 Å². The SMILES string of the molecule is CCCC[C@@]1(C)NC(=O)N(CC(=O)Nc2cccc(C)c2C)C1=O. The molecule has 0 bridgehead atoms. The first-order chi connectivity index (χ1) is 11.3. The summed E-state index contributed by atoms with van der Waals surface area (Å²) in [7, 11) is 0. The van der Waals surface area contributed by atoms with E-state index >= 15 is 0 Å². The Balaban J connectivity index is 2.05. The quantitative estimate of drug-likeness (QED) is 0.787. The summed E-state index contributed by atoms with van der Waals surface area (Å²) in [5.74, 6) is -0.719. The van der Waals surface area contributed by atoms with E-state index in [1.54, 1.807) is 13.0 Å². The van der Waals surface area contributed by atoms with E-state index in [1.807, 2.05) is 32.9 Å². The van der Waals surface area contributed by atoms with Crippen molar-refractivity contribution in [2.45, 2.75) is 52.5 Å². The first-order valence-electron chi connectivity index (χ1n) is 8.28. The second-order valence-corrected chi connectivity index (χ2v) is 6.55. The molecule has 1 heterocycles. The Morgan fingerprint density at radius 3 is 2.67 bits per heavy atom. The van der Waals surface area contributed by atoms with Crippen molar-refractivity contribution < 1.29 is 14.4 Å². The fourth-order valence-corrected chi connectivity index (χ4v) is 2.81. The molecule has 0 saturated carbocycles. The smallest absolute Gasteiger partial charge is 0.324 e. The number of anilines is 1. The molecule has 1 aromatic rings. The number of amides is 4. The molecule has 24 heavy (non-hydrogen) atoms. The van der Waals surface area contributed by atoms with Gasteiger partial charge in [-0.3, -0.25) is 14.5 Å². The van der Waals surface area contributed by atoms with E-state index in [2.05, 4.69) is 10.6 Å². The number of nitrogens with one attached hydrogen (secondary N) is 2. The highest BCUT2D eigenvalue weighted by atomic mass is 16.2. The summed E-state index contributed by atoms with van der Waals surface area (Å²) in [5, 5.41) is 5.49. The van der Waals surface area contributed by atoms with Gasteiger partial charge in [-0.25, -0.2) is 4.79 Å². The number of benzene rings is 1. The molecular formula is C18H25N3O3. The molecule has 0 aliphatic carbocycles. The maximum atomic E-state index is 12.5. The monoisotopic (exact) mass is 331 g/mol. The largest absolute Gasteiger partial charge is 0.325 e. The molecule has 1 atom stereocenters. The Hall–Kier alpha value is -2.37. The van der Waals surface area contributed by atoms with Gasteiger partial charge in [-0.1, -0.05) is 31.9 Å². The highest BCUT2D eigenvalue weighted by molar-refractivity contribution is 6.10. The fraction of sp³-hybridized carbons (Fsp3) is 0.500. The first-order valence-corrected chi connectivity index (χ1v) is 8.28. The molecule has 6 heteroatoms. The van der Waals surface area contributed by atoms with Gasteiger partial charge in [0.1, 0.15) is 12.1 Å². The van der Waals surface area contributed by atoms with Crippen molar-refractivity contribution in [1.29, 1.82) is 0 Å². The standard InChI is InChI=1S/C18H25N3O3/c1-5-6-10-18(4)16(23)21(17(24)20-18)11-15(22)19-14-9-7-8-12(2)13(14)3/h7-9H,5-6,10-11H2,1-4H3,(H,19,22)(H,20,24)/t18-/m1/s1. The van der Waals surface area contributed by atoms with Crippen molar-refractivity contribution in [3.8, 4) is 0 Å². The number of hydrogen-bond acceptors (Lipinski definition) is 3. The van der Waals surface area contributed by atoms with Crippen molar-refractivity contribution in [2.75, 3.05) is 11.9 Å². The number of urea groups is 1. The molecule has 0 spiro atoms. The third-order valence-corrected chi connectivity index (χ3v) is 4.56. The van der Waals surface area contributed by atoms with E-state index in [-0.39, 0.29) is 18.4 Å². The Bertz CT molecular complexity index is 671. The van der Waals surface area contributed by atoms with Gasteiger partial charge in [-0.2, -0.15) is 0 Å². The number of nitrogens with zero attached hydrogens (tertiary/aromatic N) is 1. The van der Waals surface area contributed by atoms with Gasteiger partial charge >= 0.3 is 6.03 Å². The normalized spacial score (nSPS) is 20.2. The number of unbranched alkanes of at least 4 members (excludes halogenated alkanes) is 1. The predicted octanol–water partition coefficient (Wildman–Crippen LogP) is 2.74. The van der Waals surface area contributed by atoms with Crippen LogP contribution in [0.1, 0.15) is 44.2 Å². The van der Waals surface area contributed by atoms with Gasteiger partial charge in [-0.05, 0) is 44.4 Å². The lowest BCUT2D eigenvalue weighted by atomic mass is 9.95. The lowest BCUT2D eigenvalue weighted by molar-refractivity contribution is -0.133. The maximum absolute atomic E-state index is 12.5. The number of carbonyl (C=O) groups is 3. The minimum absolute atomic E-state index is 0.278. The molecule has 2 rings (SSSR count). The minimum Gasteiger partial charge on any atom is -0.324 e. The van der Waals surface area contributed by atoms with Crippen LogP contribution >= 0.6 is 0 Å². The van der Waals surface area contributed by atoms with Crippen LogP contribution in [0.3, 0.4) is 0 Å². The van der Waals surface area contributed by atoms with E-state index < -0.39 is 11.6 Å². The second-order valence-electron chi connectivity index (χ2n) is 6.55. The lowest BCUT2D eigenvalue weighted by Crippen LogP contribution is -2.44. The summed E-state index contributed by atoms with van der Waals surface area (Å²) in [6, 6.07) is 5.11. The molecule has 6 nitrogen and oxygen atoms in total. The topological polar surface area (TPSA) is 78.5 Å². The van der Waals surface area contributed by atoms with Crippen molar-refractivity contribution in [3.63, 3.8) is 0 Å². The molecule has 1 fully saturated rings. The fourth-order valence-electron chi connectivity index (χ4n) is 2.81. The molecular weight excluding hydrogens is 306 g/mol. The maximum Gasteiger partial charge on any atom is 0.325 e. The van der Waals surface area contributed by atoms with Crippen LogP contribution in [0.5, 0.6) is 0 Å². The van der Waals surface area contributed by atoms with Gasteiger partial charge in [-0.15, -0.1) is 0 Å². The van der Waals surface area contributed by atoms with Crippen LogP contribution in [0, 0.1) is 13.8 Å². The molecule has 130 valence electrons. The van der Waals surface area contributed by atoms with Crippen LogP contribution in [0.2, 0.25) is 0 Å². The summed E-state index contributed by atoms with van der Waals surface area (Å²) in [6.07, 6.45) is 2.35. The van der Waals surface area contributed by atoms with Gasteiger partial charge in [0.25, 0.3) is 5.91 Å². The Morgan fingerprint density at radius 2 is 2.00 bits per heavy atom. The summed E-state index contributed by atoms with van der Waals surface area (Å²) in [5.41, 5.74) is 1.82. The van der Waals surface area contributed by atoms with Crippen LogP contribution in [0.15, 0.2) is 18.2 Å². The molecule has 1 aromatic carbocycles. The van der Waals surface area contributed by atoms with E-state index in [1.165, 1.54) is 0 Å². The lowest BCUT2D eigenvalue weighted by Gasteiger charge is -2.21. The summed E-state index contributed by atoms with van der Waals surface area (Å²) >= 11 is 0. The van der Waals surface area contributed by atoms with Gasteiger partial charge in [0.05, 0.1) is 0 Å². The minimum atomic E-state index is -0.910. The third-order valence-electron chi connectivity index (χ3n) is 4.56. The van der Waals surface area contributed by atoms with E-state index in [0.717, 1.165) is 28.9 Å². The Kier molecular flexibility index (Phi) is 5.26. The van der Waals surface area contributed by atoms with Crippen molar-refractivity contribution >= 4 is 23.5 Å². The van der Waals surface area contributed by atoms with Gasteiger partial charge in [0.15, 0.2) is 0 Å². The van der Waals surface area contributed by atoms with E-state index in [9.17, 15) is 14.4 Å². The molecule has 0 unspecified atom stereocenters. The van der Waals surface area contributed by atoms with E-state index in [0.29, 0.717) is 12.1 Å². The van der Waals surface area contributed by atoms with Crippen LogP contribution in [0.25, 0.3) is 0 Å². The Morgan fingerprint density at radius 1 is 1.29 bits per heavy atom. The van der Waals surface area contributed by atoms with Crippen LogP contribution < -0.4 is 10.6 Å². The molecule has 0 aromatic heterocycles. The van der Waals surface area contributed by atoms with Crippen molar-refractivity contribution in [2.24, 2.45) is 0 Å². The number of hydrogen-bond donors (Lipinski definition) is 2. The number of imide groups is 1. The third kappa shape index (κ3) is 3.58. The number of rotatable bonds is 6. The molecule has 2 N–H and O–H groups in total. The van der Waals surface area contributed by atoms with Gasteiger partial charge < -0.3 is 10.6 Å². The number of carbonyl (C=O) groups excluding carboxylic acids is 3. The van der Waals surface area contributed by atoms with Crippen molar-refractivity contribution in [3.05, 3.63) is 29.3 Å². The van der Waals surface area contributed by atoms with Crippen LogP contribution in [-0.2, 0) is 9.59 Å². The molecule has 4 amide bonds. The Labute approximate surface area is 142 Å². The molecule has 1 aliphatic heterocycles. The molecule has 0 radical (unpaired) electrons.